The predicted octanol–water partition coefficient (Wildman–Crippen LogP) is 2.90. The van der Waals surface area contributed by atoms with Crippen molar-refractivity contribution in [3.63, 3.8) is 0 Å². The molecule has 0 unspecified atom stereocenters. The molecule has 0 spiro atoms. The van der Waals surface area contributed by atoms with E-state index in [1.807, 2.05) is 33.0 Å². The van der Waals surface area contributed by atoms with Gasteiger partial charge in [0.05, 0.1) is 6.61 Å². The van der Waals surface area contributed by atoms with E-state index >= 15 is 0 Å². The van der Waals surface area contributed by atoms with Crippen LogP contribution in [0.5, 0.6) is 0 Å². The van der Waals surface area contributed by atoms with Crippen LogP contribution in [0.25, 0.3) is 0 Å². The fourth-order valence-electron chi connectivity index (χ4n) is 0.934. The van der Waals surface area contributed by atoms with Gasteiger partial charge in [0.1, 0.15) is 0 Å². The summed E-state index contributed by atoms with van der Waals surface area (Å²) < 4.78 is 4.98. The molecule has 1 N–H and O–H groups in total. The minimum Gasteiger partial charge on any atom is -0.388 e. The average molecular weight is 181 g/mol. The number of ether oxygens (including phenoxy) is 1. The molecule has 0 fully saturated rings. The predicted molar refractivity (Wildman–Crippen MR) is 58.0 cm³/mol. The van der Waals surface area contributed by atoms with Gasteiger partial charge >= 0.3 is 0 Å². The molecule has 0 aliphatic rings. The molecule has 1 rings (SSSR count). The second kappa shape index (κ2) is 7.62. The third-order valence-electron chi connectivity index (χ3n) is 1.55. The van der Waals surface area contributed by atoms with Gasteiger partial charge in [-0.3, -0.25) is 0 Å². The van der Waals surface area contributed by atoms with Crippen molar-refractivity contribution in [1.29, 1.82) is 0 Å². The van der Waals surface area contributed by atoms with Crippen molar-refractivity contribution in [3.05, 3.63) is 29.8 Å². The van der Waals surface area contributed by atoms with E-state index in [9.17, 15) is 0 Å². The van der Waals surface area contributed by atoms with Crippen LogP contribution in [-0.4, -0.2) is 14.2 Å². The maximum Gasteiger partial charge on any atom is 0.0713 e. The van der Waals surface area contributed by atoms with Crippen LogP contribution >= 0.6 is 0 Å². The molecule has 13 heavy (non-hydrogen) atoms. The molecule has 0 amide bonds. The third kappa shape index (κ3) is 4.53. The van der Waals surface area contributed by atoms with Gasteiger partial charge in [-0.1, -0.05) is 26.0 Å². The Morgan fingerprint density at radius 3 is 2.08 bits per heavy atom. The zero-order valence-electron chi connectivity index (χ0n) is 8.92. The molecule has 0 aliphatic heterocycles. The molecule has 2 nitrogen and oxygen atoms in total. The van der Waals surface area contributed by atoms with Crippen molar-refractivity contribution in [3.8, 4) is 0 Å². The Hall–Kier alpha value is -1.02. The monoisotopic (exact) mass is 181 g/mol. The molecular formula is C11H19NO. The number of benzene rings is 1. The number of rotatable bonds is 3. The summed E-state index contributed by atoms with van der Waals surface area (Å²) in [5.74, 6) is 0. The van der Waals surface area contributed by atoms with Crippen molar-refractivity contribution < 1.29 is 4.74 Å². The van der Waals surface area contributed by atoms with Crippen LogP contribution in [0.15, 0.2) is 24.3 Å². The van der Waals surface area contributed by atoms with Crippen LogP contribution in [0.3, 0.4) is 0 Å². The Morgan fingerprint density at radius 1 is 1.15 bits per heavy atom. The fourth-order valence-corrected chi connectivity index (χ4v) is 0.934. The second-order valence-electron chi connectivity index (χ2n) is 2.38. The summed E-state index contributed by atoms with van der Waals surface area (Å²) in [6.45, 7) is 4.68. The van der Waals surface area contributed by atoms with Crippen LogP contribution in [-0.2, 0) is 11.3 Å². The number of nitrogens with one attached hydrogen (secondary N) is 1. The minimum atomic E-state index is 0.685. The van der Waals surface area contributed by atoms with Gasteiger partial charge in [-0.15, -0.1) is 0 Å². The largest absolute Gasteiger partial charge is 0.388 e. The molecule has 0 saturated carbocycles. The van der Waals surface area contributed by atoms with Crippen LogP contribution in [0.4, 0.5) is 5.69 Å². The fraction of sp³-hybridized carbons (Fsp3) is 0.455. The Bertz CT molecular complexity index is 206. The molecule has 0 saturated heterocycles. The lowest BCUT2D eigenvalue weighted by atomic mass is 10.2. The summed E-state index contributed by atoms with van der Waals surface area (Å²) in [5.41, 5.74) is 2.33. The molecule has 0 heterocycles. The molecular weight excluding hydrogens is 162 g/mol. The van der Waals surface area contributed by atoms with Crippen molar-refractivity contribution in [2.75, 3.05) is 19.5 Å². The van der Waals surface area contributed by atoms with Gasteiger partial charge in [-0.2, -0.15) is 0 Å². The smallest absolute Gasteiger partial charge is 0.0713 e. The standard InChI is InChI=1S/C9H13NO.C2H6/c1-10-9-5-3-8(4-6-9)7-11-2;1-2/h3-6,10H,7H2,1-2H3;1-2H3. The first kappa shape index (κ1) is 12.0. The summed E-state index contributed by atoms with van der Waals surface area (Å²) in [4.78, 5) is 0. The second-order valence-corrected chi connectivity index (χ2v) is 2.38. The van der Waals surface area contributed by atoms with E-state index in [0.29, 0.717) is 6.61 Å². The van der Waals surface area contributed by atoms with Crippen LogP contribution < -0.4 is 5.32 Å². The highest BCUT2D eigenvalue weighted by molar-refractivity contribution is 5.43. The SMILES string of the molecule is CC.CNc1ccc(COC)cc1. The highest BCUT2D eigenvalue weighted by Crippen LogP contribution is 2.08. The van der Waals surface area contributed by atoms with E-state index in [-0.39, 0.29) is 0 Å². The van der Waals surface area contributed by atoms with Crippen LogP contribution in [0.2, 0.25) is 0 Å². The zero-order valence-corrected chi connectivity index (χ0v) is 8.92. The molecule has 0 atom stereocenters. The van der Waals surface area contributed by atoms with E-state index in [2.05, 4.69) is 17.4 Å². The van der Waals surface area contributed by atoms with E-state index in [1.165, 1.54) is 5.56 Å². The highest BCUT2D eigenvalue weighted by Gasteiger charge is 1.90. The van der Waals surface area contributed by atoms with Crippen molar-refractivity contribution >= 4 is 5.69 Å². The van der Waals surface area contributed by atoms with Crippen LogP contribution in [0.1, 0.15) is 19.4 Å². The number of hydrogen-bond acceptors (Lipinski definition) is 2. The Labute approximate surface area is 80.9 Å². The quantitative estimate of drug-likeness (QED) is 0.774. The van der Waals surface area contributed by atoms with Crippen molar-refractivity contribution in [2.24, 2.45) is 0 Å². The lowest BCUT2D eigenvalue weighted by Gasteiger charge is -2.01. The van der Waals surface area contributed by atoms with Crippen LogP contribution in [0, 0.1) is 0 Å². The number of hydrogen-bond donors (Lipinski definition) is 1. The normalized spacial score (nSPS) is 8.62. The lowest BCUT2D eigenvalue weighted by Crippen LogP contribution is -1.90. The minimum absolute atomic E-state index is 0.685. The van der Waals surface area contributed by atoms with Gasteiger partial charge in [-0.25, -0.2) is 0 Å². The molecule has 74 valence electrons. The van der Waals surface area contributed by atoms with E-state index in [4.69, 9.17) is 4.74 Å². The zero-order chi connectivity index (χ0) is 10.1. The summed E-state index contributed by atoms with van der Waals surface area (Å²) in [7, 11) is 3.61. The number of methoxy groups -OCH3 is 1. The third-order valence-corrected chi connectivity index (χ3v) is 1.55. The van der Waals surface area contributed by atoms with Gasteiger partial charge in [-0.05, 0) is 17.7 Å². The van der Waals surface area contributed by atoms with Gasteiger partial charge in [0, 0.05) is 19.8 Å². The van der Waals surface area contributed by atoms with Gasteiger partial charge in [0.15, 0.2) is 0 Å². The van der Waals surface area contributed by atoms with E-state index in [1.54, 1.807) is 7.11 Å². The maximum atomic E-state index is 4.98. The highest BCUT2D eigenvalue weighted by atomic mass is 16.5. The molecule has 2 heteroatoms. The Morgan fingerprint density at radius 2 is 1.69 bits per heavy atom. The molecule has 0 bridgehead atoms. The summed E-state index contributed by atoms with van der Waals surface area (Å²) in [5, 5.41) is 3.06. The molecule has 1 aromatic carbocycles. The first-order valence-electron chi connectivity index (χ1n) is 4.62. The molecule has 1 aromatic rings. The Kier molecular flexibility index (Phi) is 7.02. The molecule has 0 radical (unpaired) electrons. The molecule has 0 aromatic heterocycles. The first-order chi connectivity index (χ1) is 6.36. The number of anilines is 1. The van der Waals surface area contributed by atoms with Crippen molar-refractivity contribution in [2.45, 2.75) is 20.5 Å². The summed E-state index contributed by atoms with van der Waals surface area (Å²) >= 11 is 0. The van der Waals surface area contributed by atoms with Gasteiger partial charge in [0.25, 0.3) is 0 Å². The van der Waals surface area contributed by atoms with Crippen molar-refractivity contribution in [1.82, 2.24) is 0 Å². The molecule has 0 aliphatic carbocycles. The first-order valence-corrected chi connectivity index (χ1v) is 4.62. The van der Waals surface area contributed by atoms with E-state index in [0.717, 1.165) is 5.69 Å². The summed E-state index contributed by atoms with van der Waals surface area (Å²) in [6, 6.07) is 8.17. The average Bonchev–Trinajstić information content (AvgIpc) is 2.23. The Balaban J connectivity index is 0.000000671. The van der Waals surface area contributed by atoms with E-state index < -0.39 is 0 Å². The lowest BCUT2D eigenvalue weighted by molar-refractivity contribution is 0.185. The topological polar surface area (TPSA) is 21.3 Å². The maximum absolute atomic E-state index is 4.98. The van der Waals surface area contributed by atoms with Gasteiger partial charge in [0.2, 0.25) is 0 Å². The van der Waals surface area contributed by atoms with Gasteiger partial charge < -0.3 is 10.1 Å². The summed E-state index contributed by atoms with van der Waals surface area (Å²) in [6.07, 6.45) is 0.